The largest absolute Gasteiger partial charge is 0.374 e. The molecular formula is C22H24IN3O2. The molecule has 2 aromatic heterocycles. The van der Waals surface area contributed by atoms with Crippen LogP contribution in [0.1, 0.15) is 25.0 Å². The number of aryl methyl sites for hydroxylation is 1. The standard InChI is InChI=1S/C22H24IN3O2/c1-6-19(27)26(5)18-10-16(8-7-14(18)4)20-17-9-15(12-28-13(2)3)11-24-22(17)25-21(20)23/h6-11,13H,1,12H2,2-5H3,(H,24,25). The van der Waals surface area contributed by atoms with Crippen molar-refractivity contribution in [2.75, 3.05) is 11.9 Å². The summed E-state index contributed by atoms with van der Waals surface area (Å²) in [6.45, 7) is 10.1. The fourth-order valence-electron chi connectivity index (χ4n) is 3.09. The third-order valence-corrected chi connectivity index (χ3v) is 5.42. The summed E-state index contributed by atoms with van der Waals surface area (Å²) in [7, 11) is 1.76. The van der Waals surface area contributed by atoms with Crippen molar-refractivity contribution >= 4 is 45.2 Å². The molecule has 0 aliphatic carbocycles. The van der Waals surface area contributed by atoms with Crippen molar-refractivity contribution in [1.82, 2.24) is 9.97 Å². The number of nitrogens with zero attached hydrogens (tertiary/aromatic N) is 2. The zero-order chi connectivity index (χ0) is 20.4. The van der Waals surface area contributed by atoms with Crippen molar-refractivity contribution in [1.29, 1.82) is 0 Å². The summed E-state index contributed by atoms with van der Waals surface area (Å²) in [5, 5.41) is 1.04. The summed E-state index contributed by atoms with van der Waals surface area (Å²) in [4.78, 5) is 21.6. The molecule has 0 spiro atoms. The number of anilines is 1. The number of fused-ring (bicyclic) bond motifs is 1. The van der Waals surface area contributed by atoms with Gasteiger partial charge in [-0.15, -0.1) is 0 Å². The van der Waals surface area contributed by atoms with E-state index < -0.39 is 0 Å². The van der Waals surface area contributed by atoms with E-state index in [2.05, 4.69) is 51.3 Å². The van der Waals surface area contributed by atoms with Crippen molar-refractivity contribution in [3.05, 3.63) is 57.9 Å². The lowest BCUT2D eigenvalue weighted by Gasteiger charge is -2.19. The van der Waals surface area contributed by atoms with Crippen LogP contribution in [0.2, 0.25) is 0 Å². The Bertz CT molecular complexity index is 1040. The average Bonchev–Trinajstić information content (AvgIpc) is 3.00. The highest BCUT2D eigenvalue weighted by atomic mass is 127. The van der Waals surface area contributed by atoms with Crippen LogP contribution in [0.25, 0.3) is 22.2 Å². The fourth-order valence-corrected chi connectivity index (χ4v) is 3.95. The first-order valence-electron chi connectivity index (χ1n) is 9.10. The van der Waals surface area contributed by atoms with Gasteiger partial charge in [0.05, 0.1) is 16.4 Å². The molecule has 5 nitrogen and oxygen atoms in total. The molecular weight excluding hydrogens is 465 g/mol. The Morgan fingerprint density at radius 3 is 2.82 bits per heavy atom. The van der Waals surface area contributed by atoms with E-state index in [1.54, 1.807) is 11.9 Å². The van der Waals surface area contributed by atoms with E-state index in [1.807, 2.05) is 39.1 Å². The van der Waals surface area contributed by atoms with Gasteiger partial charge in [-0.1, -0.05) is 18.7 Å². The van der Waals surface area contributed by atoms with Crippen LogP contribution in [0.3, 0.4) is 0 Å². The highest BCUT2D eigenvalue weighted by molar-refractivity contribution is 14.1. The Kier molecular flexibility index (Phi) is 6.20. The maximum Gasteiger partial charge on any atom is 0.250 e. The summed E-state index contributed by atoms with van der Waals surface area (Å²) in [6, 6.07) is 8.27. The van der Waals surface area contributed by atoms with Gasteiger partial charge in [-0.25, -0.2) is 4.98 Å². The predicted molar refractivity (Wildman–Crippen MR) is 123 cm³/mol. The molecule has 1 amide bonds. The zero-order valence-electron chi connectivity index (χ0n) is 16.5. The van der Waals surface area contributed by atoms with Crippen molar-refractivity contribution < 1.29 is 9.53 Å². The molecule has 146 valence electrons. The van der Waals surface area contributed by atoms with Crippen LogP contribution in [0, 0.1) is 10.6 Å². The molecule has 0 saturated carbocycles. The number of halogens is 1. The van der Waals surface area contributed by atoms with Gasteiger partial charge in [0.25, 0.3) is 0 Å². The molecule has 0 saturated heterocycles. The van der Waals surface area contributed by atoms with E-state index in [9.17, 15) is 4.79 Å². The molecule has 0 aliphatic rings. The quantitative estimate of drug-likeness (QED) is 0.382. The molecule has 0 unspecified atom stereocenters. The van der Waals surface area contributed by atoms with E-state index in [0.29, 0.717) is 6.61 Å². The first-order valence-corrected chi connectivity index (χ1v) is 10.2. The number of aromatic nitrogens is 2. The van der Waals surface area contributed by atoms with Gasteiger partial charge in [-0.3, -0.25) is 4.79 Å². The Morgan fingerprint density at radius 1 is 1.39 bits per heavy atom. The maximum atomic E-state index is 12.1. The highest BCUT2D eigenvalue weighted by Gasteiger charge is 2.17. The monoisotopic (exact) mass is 489 g/mol. The van der Waals surface area contributed by atoms with E-state index >= 15 is 0 Å². The molecule has 0 aliphatic heterocycles. The number of aromatic amines is 1. The van der Waals surface area contributed by atoms with E-state index in [0.717, 1.165) is 42.7 Å². The number of hydrogen-bond acceptors (Lipinski definition) is 3. The summed E-state index contributed by atoms with van der Waals surface area (Å²) >= 11 is 2.30. The smallest absolute Gasteiger partial charge is 0.250 e. The normalized spacial score (nSPS) is 11.2. The molecule has 0 bridgehead atoms. The molecule has 3 rings (SSSR count). The first kappa shape index (κ1) is 20.5. The lowest BCUT2D eigenvalue weighted by molar-refractivity contribution is -0.113. The van der Waals surface area contributed by atoms with Gasteiger partial charge in [0.15, 0.2) is 0 Å². The predicted octanol–water partition coefficient (Wildman–Crippen LogP) is 5.22. The minimum absolute atomic E-state index is 0.135. The summed E-state index contributed by atoms with van der Waals surface area (Å²) in [5.41, 5.74) is 5.87. The molecule has 28 heavy (non-hydrogen) atoms. The molecule has 1 aromatic carbocycles. The van der Waals surface area contributed by atoms with Gasteiger partial charge < -0.3 is 14.6 Å². The SMILES string of the molecule is C=CC(=O)N(C)c1cc(-c2c(I)[nH]c3ncc(COC(C)C)cc23)ccc1C. The van der Waals surface area contributed by atoms with Crippen LogP contribution in [-0.4, -0.2) is 29.0 Å². The van der Waals surface area contributed by atoms with E-state index in [-0.39, 0.29) is 12.0 Å². The average molecular weight is 489 g/mol. The number of benzene rings is 1. The second-order valence-corrected chi connectivity index (χ2v) is 8.09. The second kappa shape index (κ2) is 8.45. The van der Waals surface area contributed by atoms with Crippen LogP contribution in [0.5, 0.6) is 0 Å². The molecule has 1 N–H and O–H groups in total. The second-order valence-electron chi connectivity index (χ2n) is 7.02. The molecule has 6 heteroatoms. The number of likely N-dealkylation sites (N-methyl/N-ethyl adjacent to an activating group) is 1. The zero-order valence-corrected chi connectivity index (χ0v) is 18.7. The van der Waals surface area contributed by atoms with Gasteiger partial charge in [0, 0.05) is 29.9 Å². The molecule has 3 aromatic rings. The number of pyridine rings is 1. The van der Waals surface area contributed by atoms with Gasteiger partial charge >= 0.3 is 0 Å². The molecule has 0 radical (unpaired) electrons. The lowest BCUT2D eigenvalue weighted by Crippen LogP contribution is -2.24. The van der Waals surface area contributed by atoms with Gasteiger partial charge in [0.1, 0.15) is 5.65 Å². The number of ether oxygens (including phenoxy) is 1. The van der Waals surface area contributed by atoms with Crippen molar-refractivity contribution in [3.8, 4) is 11.1 Å². The van der Waals surface area contributed by atoms with Gasteiger partial charge in [-0.05, 0) is 78.3 Å². The molecule has 0 fully saturated rings. The molecule has 0 atom stereocenters. The Morgan fingerprint density at radius 2 is 2.14 bits per heavy atom. The number of amides is 1. The van der Waals surface area contributed by atoms with Gasteiger partial charge in [0.2, 0.25) is 5.91 Å². The Labute approximate surface area is 178 Å². The number of H-pyrrole nitrogens is 1. The van der Waals surface area contributed by atoms with Crippen molar-refractivity contribution in [2.24, 2.45) is 0 Å². The first-order chi connectivity index (χ1) is 13.3. The summed E-state index contributed by atoms with van der Waals surface area (Å²) < 4.78 is 6.74. The number of nitrogens with one attached hydrogen (secondary N) is 1. The fraction of sp³-hybridized carbons (Fsp3) is 0.273. The number of rotatable bonds is 6. The number of hydrogen-bond donors (Lipinski definition) is 1. The summed E-state index contributed by atoms with van der Waals surface area (Å²) in [5.74, 6) is -0.135. The van der Waals surface area contributed by atoms with Crippen molar-refractivity contribution in [2.45, 2.75) is 33.5 Å². The lowest BCUT2D eigenvalue weighted by atomic mass is 10.0. The summed E-state index contributed by atoms with van der Waals surface area (Å²) in [6.07, 6.45) is 3.34. The van der Waals surface area contributed by atoms with Crippen LogP contribution in [0.4, 0.5) is 5.69 Å². The van der Waals surface area contributed by atoms with Crippen molar-refractivity contribution in [3.63, 3.8) is 0 Å². The third kappa shape index (κ3) is 4.12. The minimum atomic E-state index is -0.135. The Hall–Kier alpha value is -2.19. The van der Waals surface area contributed by atoms with Crippen LogP contribution >= 0.6 is 22.6 Å². The Balaban J connectivity index is 2.10. The minimum Gasteiger partial charge on any atom is -0.374 e. The maximum absolute atomic E-state index is 12.1. The van der Waals surface area contributed by atoms with Gasteiger partial charge in [-0.2, -0.15) is 0 Å². The van der Waals surface area contributed by atoms with E-state index in [1.165, 1.54) is 6.08 Å². The van der Waals surface area contributed by atoms with Crippen LogP contribution < -0.4 is 4.90 Å². The third-order valence-electron chi connectivity index (χ3n) is 4.61. The van der Waals surface area contributed by atoms with Crippen LogP contribution in [0.15, 0.2) is 43.1 Å². The molecule has 2 heterocycles. The number of carbonyl (C=O) groups excluding carboxylic acids is 1. The highest BCUT2D eigenvalue weighted by Crippen LogP contribution is 2.36. The van der Waals surface area contributed by atoms with Crippen LogP contribution in [-0.2, 0) is 16.1 Å². The number of carbonyl (C=O) groups is 1. The van der Waals surface area contributed by atoms with E-state index in [4.69, 9.17) is 4.74 Å². The topological polar surface area (TPSA) is 58.2 Å².